The molecule has 0 aliphatic carbocycles. The highest BCUT2D eigenvalue weighted by molar-refractivity contribution is 5.78. The lowest BCUT2D eigenvalue weighted by Gasteiger charge is -2.11. The Morgan fingerprint density at radius 1 is 1.33 bits per heavy atom. The lowest BCUT2D eigenvalue weighted by molar-refractivity contribution is -0.117. The number of primary amides is 1. The Balaban J connectivity index is 0.00000137. The molecule has 1 aromatic carbocycles. The summed E-state index contributed by atoms with van der Waals surface area (Å²) in [6.07, 6.45) is -0.151. The van der Waals surface area contributed by atoms with Gasteiger partial charge in [-0.3, -0.25) is 4.79 Å². The highest BCUT2D eigenvalue weighted by Crippen LogP contribution is 2.38. The molecule has 0 bridgehead atoms. The SMILES string of the molecule is CC.NC(=O)Cc1ccc(O)c(OCCO)c1O. The average Bonchev–Trinajstić information content (AvgIpc) is 2.35. The van der Waals surface area contributed by atoms with Crippen LogP contribution in [0, 0.1) is 0 Å². The van der Waals surface area contributed by atoms with Gasteiger partial charge in [0, 0.05) is 5.56 Å². The Hall–Kier alpha value is -1.95. The van der Waals surface area contributed by atoms with Gasteiger partial charge in [-0.15, -0.1) is 0 Å². The summed E-state index contributed by atoms with van der Waals surface area (Å²) in [4.78, 5) is 10.7. The molecule has 0 radical (unpaired) electrons. The van der Waals surface area contributed by atoms with Crippen molar-refractivity contribution in [2.45, 2.75) is 20.3 Å². The fraction of sp³-hybridized carbons (Fsp3) is 0.417. The maximum atomic E-state index is 10.7. The molecule has 0 aliphatic rings. The molecule has 6 nitrogen and oxygen atoms in total. The third-order valence-electron chi connectivity index (χ3n) is 1.90. The van der Waals surface area contributed by atoms with Gasteiger partial charge in [0.15, 0.2) is 11.5 Å². The van der Waals surface area contributed by atoms with Crippen molar-refractivity contribution < 1.29 is 24.9 Å². The molecule has 0 unspecified atom stereocenters. The second kappa shape index (κ2) is 8.19. The van der Waals surface area contributed by atoms with Crippen molar-refractivity contribution in [3.8, 4) is 17.2 Å². The van der Waals surface area contributed by atoms with Gasteiger partial charge in [-0.05, 0) is 6.07 Å². The summed E-state index contributed by atoms with van der Waals surface area (Å²) in [5.74, 6) is -1.37. The standard InChI is InChI=1S/C10H13NO5.C2H6/c11-8(14)5-6-1-2-7(13)10(9(6)15)16-4-3-12;1-2/h1-2,12-13,15H,3-5H2,(H2,11,14);1-2H3. The number of ether oxygens (including phenoxy) is 1. The van der Waals surface area contributed by atoms with E-state index >= 15 is 0 Å². The van der Waals surface area contributed by atoms with Gasteiger partial charge < -0.3 is 25.8 Å². The minimum absolute atomic E-state index is 0.0683. The number of carbonyl (C=O) groups excluding carboxylic acids is 1. The zero-order valence-electron chi connectivity index (χ0n) is 10.5. The summed E-state index contributed by atoms with van der Waals surface area (Å²) >= 11 is 0. The number of nitrogens with two attached hydrogens (primary N) is 1. The van der Waals surface area contributed by atoms with Crippen LogP contribution in [0.4, 0.5) is 0 Å². The number of rotatable bonds is 5. The molecule has 5 N–H and O–H groups in total. The molecule has 0 saturated carbocycles. The maximum Gasteiger partial charge on any atom is 0.221 e. The molecule has 0 heterocycles. The van der Waals surface area contributed by atoms with Crippen LogP contribution in [-0.2, 0) is 11.2 Å². The van der Waals surface area contributed by atoms with E-state index in [1.807, 2.05) is 13.8 Å². The van der Waals surface area contributed by atoms with Crippen LogP contribution < -0.4 is 10.5 Å². The lowest BCUT2D eigenvalue weighted by Crippen LogP contribution is -2.14. The van der Waals surface area contributed by atoms with E-state index in [1.54, 1.807) is 0 Å². The molecular formula is C12H19NO5. The van der Waals surface area contributed by atoms with Gasteiger partial charge >= 0.3 is 0 Å². The second-order valence-electron chi connectivity index (χ2n) is 3.14. The molecule has 0 aromatic heterocycles. The summed E-state index contributed by atoms with van der Waals surface area (Å²) in [6.45, 7) is 3.68. The van der Waals surface area contributed by atoms with Crippen LogP contribution in [0.1, 0.15) is 19.4 Å². The Kier molecular flexibility index (Phi) is 7.30. The van der Waals surface area contributed by atoms with E-state index in [0.29, 0.717) is 0 Å². The lowest BCUT2D eigenvalue weighted by atomic mass is 10.1. The fourth-order valence-electron chi connectivity index (χ4n) is 1.22. The number of benzene rings is 1. The molecule has 0 aliphatic heterocycles. The van der Waals surface area contributed by atoms with E-state index in [-0.39, 0.29) is 42.4 Å². The van der Waals surface area contributed by atoms with Crippen molar-refractivity contribution >= 4 is 5.91 Å². The fourth-order valence-corrected chi connectivity index (χ4v) is 1.22. The number of hydrogen-bond acceptors (Lipinski definition) is 5. The number of hydrogen-bond donors (Lipinski definition) is 4. The first-order valence-electron chi connectivity index (χ1n) is 5.62. The van der Waals surface area contributed by atoms with Gasteiger partial charge in [0.05, 0.1) is 13.0 Å². The molecule has 102 valence electrons. The number of aliphatic hydroxyl groups is 1. The first-order chi connectivity index (χ1) is 8.56. The van der Waals surface area contributed by atoms with E-state index < -0.39 is 5.91 Å². The van der Waals surface area contributed by atoms with Crippen molar-refractivity contribution in [3.05, 3.63) is 17.7 Å². The topological polar surface area (TPSA) is 113 Å². The summed E-state index contributed by atoms with van der Waals surface area (Å²) in [7, 11) is 0. The smallest absolute Gasteiger partial charge is 0.221 e. The predicted molar refractivity (Wildman–Crippen MR) is 66.6 cm³/mol. The van der Waals surface area contributed by atoms with Gasteiger partial charge in [-0.1, -0.05) is 19.9 Å². The summed E-state index contributed by atoms with van der Waals surface area (Å²) in [5, 5.41) is 27.6. The molecule has 1 rings (SSSR count). The number of amides is 1. The molecule has 0 atom stereocenters. The zero-order valence-corrected chi connectivity index (χ0v) is 10.5. The van der Waals surface area contributed by atoms with Gasteiger partial charge in [-0.2, -0.15) is 0 Å². The van der Waals surface area contributed by atoms with Gasteiger partial charge in [0.2, 0.25) is 11.7 Å². The highest BCUT2D eigenvalue weighted by atomic mass is 16.5. The minimum Gasteiger partial charge on any atom is -0.504 e. The zero-order chi connectivity index (χ0) is 14.1. The number of carbonyl (C=O) groups is 1. The average molecular weight is 257 g/mol. The predicted octanol–water partition coefficient (Wildman–Crippen LogP) is 0.523. The summed E-state index contributed by atoms with van der Waals surface area (Å²) in [6, 6.07) is 2.66. The molecule has 0 fully saturated rings. The van der Waals surface area contributed by atoms with Gasteiger partial charge in [0.1, 0.15) is 6.61 Å². The van der Waals surface area contributed by atoms with Crippen LogP contribution in [0.15, 0.2) is 12.1 Å². The molecule has 0 spiro atoms. The normalized spacial score (nSPS) is 9.28. The van der Waals surface area contributed by atoms with E-state index in [1.165, 1.54) is 12.1 Å². The first-order valence-corrected chi connectivity index (χ1v) is 5.62. The van der Waals surface area contributed by atoms with Crippen molar-refractivity contribution in [2.24, 2.45) is 5.73 Å². The van der Waals surface area contributed by atoms with Crippen LogP contribution in [0.3, 0.4) is 0 Å². The number of aliphatic hydroxyl groups excluding tert-OH is 1. The highest BCUT2D eigenvalue weighted by Gasteiger charge is 2.14. The molecule has 6 heteroatoms. The molecule has 1 amide bonds. The van der Waals surface area contributed by atoms with Crippen molar-refractivity contribution in [1.29, 1.82) is 0 Å². The Morgan fingerprint density at radius 2 is 1.94 bits per heavy atom. The van der Waals surface area contributed by atoms with Crippen LogP contribution in [-0.4, -0.2) is 34.4 Å². The van der Waals surface area contributed by atoms with E-state index in [9.17, 15) is 15.0 Å². The number of phenols is 2. The Labute approximate surface area is 106 Å². The third kappa shape index (κ3) is 4.50. The van der Waals surface area contributed by atoms with E-state index in [0.717, 1.165) is 0 Å². The summed E-state index contributed by atoms with van der Waals surface area (Å²) < 4.78 is 4.94. The number of phenolic OH excluding ortho intramolecular Hbond substituents is 2. The van der Waals surface area contributed by atoms with E-state index in [4.69, 9.17) is 15.6 Å². The minimum atomic E-state index is -0.603. The van der Waals surface area contributed by atoms with Crippen LogP contribution in [0.5, 0.6) is 17.2 Å². The van der Waals surface area contributed by atoms with E-state index in [2.05, 4.69) is 0 Å². The molecular weight excluding hydrogens is 238 g/mol. The second-order valence-corrected chi connectivity index (χ2v) is 3.14. The van der Waals surface area contributed by atoms with Crippen LogP contribution in [0.25, 0.3) is 0 Å². The van der Waals surface area contributed by atoms with Gasteiger partial charge in [0.25, 0.3) is 0 Å². The van der Waals surface area contributed by atoms with Crippen LogP contribution >= 0.6 is 0 Å². The third-order valence-corrected chi connectivity index (χ3v) is 1.90. The van der Waals surface area contributed by atoms with Crippen molar-refractivity contribution in [3.63, 3.8) is 0 Å². The first kappa shape index (κ1) is 16.1. The largest absolute Gasteiger partial charge is 0.504 e. The molecule has 0 saturated heterocycles. The quantitative estimate of drug-likeness (QED) is 0.614. The Bertz CT molecular complexity index is 392. The maximum absolute atomic E-state index is 10.7. The molecule has 18 heavy (non-hydrogen) atoms. The monoisotopic (exact) mass is 257 g/mol. The number of aromatic hydroxyl groups is 2. The van der Waals surface area contributed by atoms with Crippen molar-refractivity contribution in [1.82, 2.24) is 0 Å². The van der Waals surface area contributed by atoms with Crippen molar-refractivity contribution in [2.75, 3.05) is 13.2 Å². The molecule has 1 aromatic rings. The Morgan fingerprint density at radius 3 is 2.44 bits per heavy atom. The van der Waals surface area contributed by atoms with Gasteiger partial charge in [-0.25, -0.2) is 0 Å². The summed E-state index contributed by atoms with van der Waals surface area (Å²) in [5.41, 5.74) is 5.25. The van der Waals surface area contributed by atoms with Crippen LogP contribution in [0.2, 0.25) is 0 Å².